The summed E-state index contributed by atoms with van der Waals surface area (Å²) in [5.74, 6) is 0.731. The van der Waals surface area contributed by atoms with Gasteiger partial charge in [0.1, 0.15) is 0 Å². The predicted molar refractivity (Wildman–Crippen MR) is 76.2 cm³/mol. The fourth-order valence-electron chi connectivity index (χ4n) is 1.77. The van der Waals surface area contributed by atoms with E-state index < -0.39 is 0 Å². The van der Waals surface area contributed by atoms with Crippen LogP contribution in [0.1, 0.15) is 0 Å². The van der Waals surface area contributed by atoms with E-state index >= 15 is 0 Å². The predicted octanol–water partition coefficient (Wildman–Crippen LogP) is 3.17. The maximum Gasteiger partial charge on any atom is 0.153 e. The molecule has 0 radical (unpaired) electrons. The number of rotatable bonds is 2. The first-order valence-electron chi connectivity index (χ1n) is 5.75. The number of nitrogens with two attached hydrogens (primary N) is 1. The molecule has 1 aromatic carbocycles. The summed E-state index contributed by atoms with van der Waals surface area (Å²) in [4.78, 5) is 4.22. The molecule has 0 atom stereocenters. The Bertz CT molecular complexity index is 626. The lowest BCUT2D eigenvalue weighted by atomic mass is 10.1. The third-order valence-corrected chi connectivity index (χ3v) is 3.02. The van der Waals surface area contributed by atoms with E-state index in [4.69, 9.17) is 17.3 Å². The van der Waals surface area contributed by atoms with Gasteiger partial charge in [0.25, 0.3) is 0 Å². The number of anilines is 1. The van der Waals surface area contributed by atoms with Gasteiger partial charge in [0.05, 0.1) is 18.1 Å². The summed E-state index contributed by atoms with van der Waals surface area (Å²) < 4.78 is 1.71. The highest BCUT2D eigenvalue weighted by molar-refractivity contribution is 6.30. The van der Waals surface area contributed by atoms with Crippen LogP contribution in [-0.4, -0.2) is 14.8 Å². The number of halogens is 1. The number of nitrogen functional groups attached to an aromatic ring is 1. The fourth-order valence-corrected chi connectivity index (χ4v) is 1.90. The highest BCUT2D eigenvalue weighted by Crippen LogP contribution is 2.21. The molecule has 3 aromatic rings. The Morgan fingerprint density at radius 1 is 0.947 bits per heavy atom. The molecule has 0 bridgehead atoms. The Labute approximate surface area is 115 Å². The van der Waals surface area contributed by atoms with Crippen molar-refractivity contribution in [2.45, 2.75) is 0 Å². The van der Waals surface area contributed by atoms with E-state index in [0.29, 0.717) is 5.69 Å². The highest BCUT2D eigenvalue weighted by Gasteiger charge is 2.04. The van der Waals surface area contributed by atoms with Gasteiger partial charge in [0.2, 0.25) is 0 Å². The number of benzene rings is 1. The number of nitrogens with zero attached hydrogens (tertiary/aromatic N) is 3. The maximum atomic E-state index is 5.87. The van der Waals surface area contributed by atoms with E-state index in [2.05, 4.69) is 10.1 Å². The van der Waals surface area contributed by atoms with E-state index in [0.717, 1.165) is 22.0 Å². The first-order valence-corrected chi connectivity index (χ1v) is 6.13. The van der Waals surface area contributed by atoms with Gasteiger partial charge < -0.3 is 5.73 Å². The Balaban J connectivity index is 1.95. The molecule has 94 valence electrons. The second kappa shape index (κ2) is 4.74. The van der Waals surface area contributed by atoms with Gasteiger partial charge in [-0.3, -0.25) is 0 Å². The number of pyridine rings is 1. The Morgan fingerprint density at radius 3 is 2.42 bits per heavy atom. The smallest absolute Gasteiger partial charge is 0.153 e. The summed E-state index contributed by atoms with van der Waals surface area (Å²) >= 11 is 5.87. The van der Waals surface area contributed by atoms with Crippen molar-refractivity contribution in [3.8, 4) is 16.9 Å². The van der Waals surface area contributed by atoms with Crippen LogP contribution < -0.4 is 5.73 Å². The van der Waals surface area contributed by atoms with E-state index in [1.54, 1.807) is 23.1 Å². The molecule has 5 heteroatoms. The van der Waals surface area contributed by atoms with Crippen LogP contribution in [0.15, 0.2) is 55.0 Å². The molecular formula is C14H11ClN4. The molecule has 4 nitrogen and oxygen atoms in total. The van der Waals surface area contributed by atoms with Crippen LogP contribution in [0.3, 0.4) is 0 Å². The zero-order valence-corrected chi connectivity index (χ0v) is 10.7. The zero-order valence-electron chi connectivity index (χ0n) is 9.99. The Kier molecular flexibility index (Phi) is 2.93. The minimum absolute atomic E-state index is 0.633. The standard InChI is InChI=1S/C14H11ClN4/c15-12-3-1-10(2-4-12)11-7-18-19(9-11)14-6-5-13(16)8-17-14/h1-9H,16H2. The number of hydrogen-bond donors (Lipinski definition) is 1. The van der Waals surface area contributed by atoms with Gasteiger partial charge in [-0.25, -0.2) is 9.67 Å². The van der Waals surface area contributed by atoms with Crippen molar-refractivity contribution in [3.63, 3.8) is 0 Å². The second-order valence-corrected chi connectivity index (χ2v) is 4.57. The van der Waals surface area contributed by atoms with Gasteiger partial charge in [0.15, 0.2) is 5.82 Å². The molecule has 0 aliphatic rings. The monoisotopic (exact) mass is 270 g/mol. The molecule has 2 heterocycles. The summed E-state index contributed by atoms with van der Waals surface area (Å²) in [6, 6.07) is 11.3. The third-order valence-electron chi connectivity index (χ3n) is 2.77. The first-order chi connectivity index (χ1) is 9.22. The van der Waals surface area contributed by atoms with Crippen LogP contribution in [0.25, 0.3) is 16.9 Å². The van der Waals surface area contributed by atoms with E-state index in [-0.39, 0.29) is 0 Å². The van der Waals surface area contributed by atoms with Gasteiger partial charge in [-0.15, -0.1) is 0 Å². The van der Waals surface area contributed by atoms with Gasteiger partial charge in [-0.2, -0.15) is 5.10 Å². The molecule has 3 rings (SSSR count). The molecule has 0 aliphatic carbocycles. The molecular weight excluding hydrogens is 260 g/mol. The molecule has 0 spiro atoms. The average Bonchev–Trinajstić information content (AvgIpc) is 2.90. The van der Waals surface area contributed by atoms with Crippen molar-refractivity contribution < 1.29 is 0 Å². The summed E-state index contributed by atoms with van der Waals surface area (Å²) in [5.41, 5.74) is 8.31. The molecule has 2 N–H and O–H groups in total. The topological polar surface area (TPSA) is 56.7 Å². The molecule has 0 fully saturated rings. The van der Waals surface area contributed by atoms with Gasteiger partial charge in [-0.05, 0) is 29.8 Å². The summed E-state index contributed by atoms with van der Waals surface area (Å²) in [6.45, 7) is 0. The van der Waals surface area contributed by atoms with E-state index in [1.165, 1.54) is 0 Å². The highest BCUT2D eigenvalue weighted by atomic mass is 35.5. The van der Waals surface area contributed by atoms with E-state index in [9.17, 15) is 0 Å². The van der Waals surface area contributed by atoms with Crippen LogP contribution in [0.5, 0.6) is 0 Å². The van der Waals surface area contributed by atoms with Gasteiger partial charge in [-0.1, -0.05) is 23.7 Å². The number of hydrogen-bond acceptors (Lipinski definition) is 3. The third kappa shape index (κ3) is 2.44. The van der Waals surface area contributed by atoms with Crippen LogP contribution in [0.4, 0.5) is 5.69 Å². The minimum Gasteiger partial charge on any atom is -0.397 e. The lowest BCUT2D eigenvalue weighted by molar-refractivity contribution is 0.847. The summed E-state index contributed by atoms with van der Waals surface area (Å²) in [5, 5.41) is 5.01. The molecule has 0 unspecified atom stereocenters. The largest absolute Gasteiger partial charge is 0.397 e. The van der Waals surface area contributed by atoms with Crippen molar-refractivity contribution in [2.75, 3.05) is 5.73 Å². The van der Waals surface area contributed by atoms with Gasteiger partial charge in [0, 0.05) is 16.8 Å². The van der Waals surface area contributed by atoms with Crippen LogP contribution in [-0.2, 0) is 0 Å². The average molecular weight is 271 g/mol. The molecule has 19 heavy (non-hydrogen) atoms. The van der Waals surface area contributed by atoms with Crippen molar-refractivity contribution in [3.05, 3.63) is 60.0 Å². The minimum atomic E-state index is 0.633. The lowest BCUT2D eigenvalue weighted by Crippen LogP contribution is -1.98. The van der Waals surface area contributed by atoms with Crippen molar-refractivity contribution in [1.29, 1.82) is 0 Å². The molecule has 0 saturated heterocycles. The second-order valence-electron chi connectivity index (χ2n) is 4.13. The number of aromatic nitrogens is 3. The lowest BCUT2D eigenvalue weighted by Gasteiger charge is -2.00. The fraction of sp³-hybridized carbons (Fsp3) is 0. The van der Waals surface area contributed by atoms with Crippen LogP contribution in [0.2, 0.25) is 5.02 Å². The quantitative estimate of drug-likeness (QED) is 0.778. The van der Waals surface area contributed by atoms with Crippen LogP contribution in [0, 0.1) is 0 Å². The van der Waals surface area contributed by atoms with Crippen LogP contribution >= 0.6 is 11.6 Å². The zero-order chi connectivity index (χ0) is 13.2. The molecule has 0 amide bonds. The van der Waals surface area contributed by atoms with Gasteiger partial charge >= 0.3 is 0 Å². The molecule has 0 saturated carbocycles. The Morgan fingerprint density at radius 2 is 1.74 bits per heavy atom. The summed E-state index contributed by atoms with van der Waals surface area (Å²) in [7, 11) is 0. The maximum absolute atomic E-state index is 5.87. The van der Waals surface area contributed by atoms with Crippen molar-refractivity contribution in [1.82, 2.24) is 14.8 Å². The summed E-state index contributed by atoms with van der Waals surface area (Å²) in [6.07, 6.45) is 5.32. The SMILES string of the molecule is Nc1ccc(-n2cc(-c3ccc(Cl)cc3)cn2)nc1. The van der Waals surface area contributed by atoms with Crippen molar-refractivity contribution in [2.24, 2.45) is 0 Å². The Hall–Kier alpha value is -2.33. The first kappa shape index (κ1) is 11.7. The molecule has 2 aromatic heterocycles. The molecule has 0 aliphatic heterocycles. The van der Waals surface area contributed by atoms with Crippen molar-refractivity contribution >= 4 is 17.3 Å². The normalized spacial score (nSPS) is 10.6. The van der Waals surface area contributed by atoms with E-state index in [1.807, 2.05) is 36.5 Å².